The zero-order chi connectivity index (χ0) is 26.6. The van der Waals surface area contributed by atoms with Crippen LogP contribution in [0, 0.1) is 0 Å². The molecule has 1 aromatic heterocycles. The lowest BCUT2D eigenvalue weighted by Crippen LogP contribution is -2.53. The van der Waals surface area contributed by atoms with Gasteiger partial charge in [-0.1, -0.05) is 24.3 Å². The number of nitrogens with one attached hydrogen (secondary N) is 1. The van der Waals surface area contributed by atoms with Crippen molar-refractivity contribution in [2.45, 2.75) is 63.1 Å². The normalized spacial score (nSPS) is 22.7. The van der Waals surface area contributed by atoms with Crippen LogP contribution in [-0.4, -0.2) is 58.9 Å². The van der Waals surface area contributed by atoms with Crippen molar-refractivity contribution in [1.29, 1.82) is 0 Å². The molecule has 200 valence electrons. The molecule has 5 heterocycles. The van der Waals surface area contributed by atoms with Gasteiger partial charge in [0, 0.05) is 49.8 Å². The number of carbonyl (C=O) groups excluding carboxylic acids is 3. The average molecular weight is 525 g/mol. The van der Waals surface area contributed by atoms with Crippen molar-refractivity contribution in [2.24, 2.45) is 0 Å². The Hall–Kier alpha value is -3.62. The molecule has 1 N–H and O–H groups in total. The van der Waals surface area contributed by atoms with E-state index in [1.807, 2.05) is 36.5 Å². The molecule has 3 saturated heterocycles. The summed E-state index contributed by atoms with van der Waals surface area (Å²) in [6.45, 7) is 3.88. The average Bonchev–Trinajstić information content (AvgIpc) is 3.52. The molecule has 4 aliphatic rings. The van der Waals surface area contributed by atoms with Crippen molar-refractivity contribution >= 4 is 34.2 Å². The lowest BCUT2D eigenvalue weighted by molar-refractivity contribution is -0.134. The highest BCUT2D eigenvalue weighted by atomic mass is 16.5. The number of carbonyl (C=O) groups is 3. The number of imide groups is 1. The SMILES string of the molecule is O=C1CCC(N2C(=O)c3cccc4c(Cc5ccc(CN6CCC7(CCCO7)CC6)nc5)ccc2c34)C(=O)N1. The van der Waals surface area contributed by atoms with E-state index in [2.05, 4.69) is 22.3 Å². The molecule has 3 fully saturated rings. The van der Waals surface area contributed by atoms with Gasteiger partial charge in [0.1, 0.15) is 6.04 Å². The number of rotatable bonds is 5. The molecule has 2 aromatic carbocycles. The third kappa shape index (κ3) is 4.32. The van der Waals surface area contributed by atoms with Gasteiger partial charge in [-0.2, -0.15) is 0 Å². The molecule has 7 rings (SSSR count). The Labute approximate surface area is 227 Å². The summed E-state index contributed by atoms with van der Waals surface area (Å²) in [6.07, 6.45) is 7.84. The first-order valence-corrected chi connectivity index (χ1v) is 14.0. The molecule has 4 aliphatic heterocycles. The maximum Gasteiger partial charge on any atom is 0.259 e. The van der Waals surface area contributed by atoms with Gasteiger partial charge in [-0.15, -0.1) is 0 Å². The molecule has 3 amide bonds. The zero-order valence-electron chi connectivity index (χ0n) is 21.9. The number of piperidine rings is 2. The van der Waals surface area contributed by atoms with Crippen LogP contribution in [0.3, 0.4) is 0 Å². The van der Waals surface area contributed by atoms with Gasteiger partial charge in [0.05, 0.1) is 17.0 Å². The third-order valence-corrected chi connectivity index (χ3v) is 8.96. The molecular weight excluding hydrogens is 492 g/mol. The maximum absolute atomic E-state index is 13.4. The molecule has 8 heteroatoms. The van der Waals surface area contributed by atoms with Crippen molar-refractivity contribution in [3.63, 3.8) is 0 Å². The molecular formula is C31H32N4O4. The van der Waals surface area contributed by atoms with Gasteiger partial charge >= 0.3 is 0 Å². The number of amides is 3. The molecule has 39 heavy (non-hydrogen) atoms. The number of pyridine rings is 1. The van der Waals surface area contributed by atoms with Crippen molar-refractivity contribution in [1.82, 2.24) is 15.2 Å². The second kappa shape index (κ2) is 9.54. The van der Waals surface area contributed by atoms with Crippen molar-refractivity contribution < 1.29 is 19.1 Å². The Balaban J connectivity index is 1.08. The van der Waals surface area contributed by atoms with Crippen LogP contribution in [0.4, 0.5) is 5.69 Å². The lowest BCUT2D eigenvalue weighted by atomic mass is 9.88. The predicted molar refractivity (Wildman–Crippen MR) is 146 cm³/mol. The number of nitrogens with zero attached hydrogens (tertiary/aromatic N) is 3. The summed E-state index contributed by atoms with van der Waals surface area (Å²) in [5.74, 6) is -0.883. The van der Waals surface area contributed by atoms with Crippen LogP contribution in [0.1, 0.15) is 65.7 Å². The fourth-order valence-electron chi connectivity index (χ4n) is 6.83. The van der Waals surface area contributed by atoms with Crippen LogP contribution < -0.4 is 10.2 Å². The first kappa shape index (κ1) is 24.4. The Morgan fingerprint density at radius 2 is 1.90 bits per heavy atom. The molecule has 0 saturated carbocycles. The minimum Gasteiger partial charge on any atom is -0.375 e. The quantitative estimate of drug-likeness (QED) is 0.512. The Morgan fingerprint density at radius 1 is 1.03 bits per heavy atom. The highest BCUT2D eigenvalue weighted by Gasteiger charge is 2.41. The molecule has 0 aliphatic carbocycles. The number of hydrogen-bond donors (Lipinski definition) is 1. The first-order chi connectivity index (χ1) is 19.0. The second-order valence-corrected chi connectivity index (χ2v) is 11.4. The number of aromatic nitrogens is 1. The van der Waals surface area contributed by atoms with Crippen molar-refractivity contribution in [2.75, 3.05) is 24.6 Å². The van der Waals surface area contributed by atoms with E-state index in [9.17, 15) is 14.4 Å². The van der Waals surface area contributed by atoms with E-state index in [-0.39, 0.29) is 23.8 Å². The van der Waals surface area contributed by atoms with E-state index in [1.54, 1.807) is 4.90 Å². The highest BCUT2D eigenvalue weighted by Crippen LogP contribution is 2.41. The van der Waals surface area contributed by atoms with Crippen LogP contribution in [0.5, 0.6) is 0 Å². The standard InChI is InChI=1S/C31H32N4O4/c36-27-10-9-26(29(37)33-27)35-25-8-6-21(23-3-1-4-24(28(23)25)30(35)38)17-20-5-7-22(32-18-20)19-34-14-12-31(13-15-34)11-2-16-39-31/h1,3-8,18,26H,2,9-17,19H2,(H,33,36,37). The summed E-state index contributed by atoms with van der Waals surface area (Å²) in [5, 5.41) is 4.27. The molecule has 3 aromatic rings. The van der Waals surface area contributed by atoms with Gasteiger partial charge in [-0.3, -0.25) is 34.5 Å². The van der Waals surface area contributed by atoms with Crippen molar-refractivity contribution in [3.8, 4) is 0 Å². The van der Waals surface area contributed by atoms with E-state index in [4.69, 9.17) is 9.72 Å². The van der Waals surface area contributed by atoms with Gasteiger partial charge in [-0.25, -0.2) is 0 Å². The Kier molecular flexibility index (Phi) is 5.97. The highest BCUT2D eigenvalue weighted by molar-refractivity contribution is 6.27. The van der Waals surface area contributed by atoms with Crippen molar-refractivity contribution in [3.05, 3.63) is 71.0 Å². The number of anilines is 1. The first-order valence-electron chi connectivity index (χ1n) is 14.0. The molecule has 1 atom stereocenters. The topological polar surface area (TPSA) is 91.8 Å². The molecule has 0 radical (unpaired) electrons. The number of benzene rings is 2. The Morgan fingerprint density at radius 3 is 2.64 bits per heavy atom. The Bertz CT molecular complexity index is 1470. The minimum absolute atomic E-state index is 0.136. The largest absolute Gasteiger partial charge is 0.375 e. The smallest absolute Gasteiger partial charge is 0.259 e. The molecule has 0 bridgehead atoms. The zero-order valence-corrected chi connectivity index (χ0v) is 21.9. The van der Waals surface area contributed by atoms with E-state index < -0.39 is 11.9 Å². The summed E-state index contributed by atoms with van der Waals surface area (Å²) in [4.78, 5) is 46.5. The van der Waals surface area contributed by atoms with Crippen LogP contribution in [0.15, 0.2) is 48.7 Å². The number of hydrogen-bond acceptors (Lipinski definition) is 6. The van der Waals surface area contributed by atoms with Gasteiger partial charge < -0.3 is 4.74 Å². The lowest BCUT2D eigenvalue weighted by Gasteiger charge is -2.38. The molecule has 1 spiro atoms. The van der Waals surface area contributed by atoms with E-state index >= 15 is 0 Å². The number of ether oxygens (including phenoxy) is 1. The molecule has 8 nitrogen and oxygen atoms in total. The van der Waals surface area contributed by atoms with Gasteiger partial charge in [-0.05, 0) is 73.2 Å². The summed E-state index contributed by atoms with van der Waals surface area (Å²) >= 11 is 0. The van der Waals surface area contributed by atoms with E-state index in [0.717, 1.165) is 72.4 Å². The summed E-state index contributed by atoms with van der Waals surface area (Å²) in [6, 6.07) is 13.3. The monoisotopic (exact) mass is 524 g/mol. The van der Waals surface area contributed by atoms with Crippen LogP contribution in [-0.2, 0) is 27.3 Å². The number of likely N-dealkylation sites (tertiary alicyclic amines) is 1. The van der Waals surface area contributed by atoms with E-state index in [0.29, 0.717) is 18.4 Å². The minimum atomic E-state index is -0.676. The second-order valence-electron chi connectivity index (χ2n) is 11.4. The fraction of sp³-hybridized carbons (Fsp3) is 0.419. The van der Waals surface area contributed by atoms with Crippen LogP contribution in [0.2, 0.25) is 0 Å². The van der Waals surface area contributed by atoms with Gasteiger partial charge in [0.15, 0.2) is 0 Å². The fourth-order valence-corrected chi connectivity index (χ4v) is 6.83. The maximum atomic E-state index is 13.4. The summed E-state index contributed by atoms with van der Waals surface area (Å²) in [7, 11) is 0. The third-order valence-electron chi connectivity index (χ3n) is 8.96. The molecule has 1 unspecified atom stereocenters. The summed E-state index contributed by atoms with van der Waals surface area (Å²) in [5.41, 5.74) is 4.78. The van der Waals surface area contributed by atoms with E-state index in [1.165, 1.54) is 12.8 Å². The summed E-state index contributed by atoms with van der Waals surface area (Å²) < 4.78 is 6.06. The van der Waals surface area contributed by atoms with Crippen LogP contribution >= 0.6 is 0 Å². The van der Waals surface area contributed by atoms with Gasteiger partial charge in [0.25, 0.3) is 5.91 Å². The van der Waals surface area contributed by atoms with Gasteiger partial charge in [0.2, 0.25) is 11.8 Å². The van der Waals surface area contributed by atoms with Crippen LogP contribution in [0.25, 0.3) is 10.8 Å². The predicted octanol–water partition coefficient (Wildman–Crippen LogP) is 3.74.